The maximum atomic E-state index is 11.2. The van der Waals surface area contributed by atoms with E-state index in [0.717, 1.165) is 5.56 Å². The fourth-order valence-electron chi connectivity index (χ4n) is 3.05. The molecule has 3 rings (SSSR count). The summed E-state index contributed by atoms with van der Waals surface area (Å²) < 4.78 is 22.0. The van der Waals surface area contributed by atoms with Crippen LogP contribution < -0.4 is 0 Å². The number of thiocarbonyl (C=S) groups is 1. The minimum atomic E-state index is -2.04. The standard InChI is InChI=1S/C21H19Cl2N3O3S2/c1-12(24-11-15(30)8-13-4-3-5-16(9-13)31(28)29)19-21(27)20(26(2)25-19)14-6-7-17(22)18(23)10-14/h3-7,9-10,27H,8,11H2,1-2H3,(H,28,29). The summed E-state index contributed by atoms with van der Waals surface area (Å²) in [5.41, 5.74) is 2.90. The van der Waals surface area contributed by atoms with Gasteiger partial charge in [0.15, 0.2) is 16.8 Å². The number of rotatable bonds is 7. The molecule has 0 radical (unpaired) electrons. The molecule has 2 aromatic carbocycles. The van der Waals surface area contributed by atoms with Crippen molar-refractivity contribution in [2.24, 2.45) is 12.0 Å². The second kappa shape index (κ2) is 10.0. The molecule has 0 aliphatic heterocycles. The quantitative estimate of drug-likeness (QED) is 0.270. The lowest BCUT2D eigenvalue weighted by atomic mass is 10.1. The van der Waals surface area contributed by atoms with Crippen LogP contribution >= 0.6 is 35.4 Å². The van der Waals surface area contributed by atoms with Crippen LogP contribution in [0.3, 0.4) is 0 Å². The normalized spacial score (nSPS) is 12.7. The summed E-state index contributed by atoms with van der Waals surface area (Å²) in [7, 11) is 1.72. The van der Waals surface area contributed by atoms with E-state index in [1.165, 1.54) is 0 Å². The lowest BCUT2D eigenvalue weighted by Gasteiger charge is -2.05. The van der Waals surface area contributed by atoms with Crippen LogP contribution in [0.2, 0.25) is 10.0 Å². The molecule has 0 aliphatic rings. The molecular weight excluding hydrogens is 477 g/mol. The Balaban J connectivity index is 1.77. The van der Waals surface area contributed by atoms with Gasteiger partial charge in [-0.3, -0.25) is 9.67 Å². The van der Waals surface area contributed by atoms with Crippen molar-refractivity contribution in [2.75, 3.05) is 6.54 Å². The maximum absolute atomic E-state index is 11.2. The molecule has 2 N–H and O–H groups in total. The van der Waals surface area contributed by atoms with Gasteiger partial charge < -0.3 is 9.66 Å². The summed E-state index contributed by atoms with van der Waals surface area (Å²) in [5.74, 6) is -0.00816. The maximum Gasteiger partial charge on any atom is 0.186 e. The van der Waals surface area contributed by atoms with Gasteiger partial charge in [0.1, 0.15) is 11.4 Å². The zero-order valence-corrected chi connectivity index (χ0v) is 19.8. The monoisotopic (exact) mass is 495 g/mol. The minimum Gasteiger partial charge on any atom is -0.504 e. The summed E-state index contributed by atoms with van der Waals surface area (Å²) >= 11 is 15.5. The van der Waals surface area contributed by atoms with Gasteiger partial charge in [0.05, 0.1) is 27.2 Å². The zero-order valence-electron chi connectivity index (χ0n) is 16.7. The van der Waals surface area contributed by atoms with E-state index < -0.39 is 11.1 Å². The highest BCUT2D eigenvalue weighted by Gasteiger charge is 2.19. The third-order valence-corrected chi connectivity index (χ3v) is 6.22. The Morgan fingerprint density at radius 1 is 1.23 bits per heavy atom. The van der Waals surface area contributed by atoms with Crippen molar-refractivity contribution in [1.29, 1.82) is 0 Å². The number of benzene rings is 2. The van der Waals surface area contributed by atoms with Crippen LogP contribution in [0.4, 0.5) is 0 Å². The second-order valence-corrected chi connectivity index (χ2v) is 9.17. The predicted molar refractivity (Wildman–Crippen MR) is 129 cm³/mol. The first-order valence-electron chi connectivity index (χ1n) is 9.11. The van der Waals surface area contributed by atoms with Crippen molar-refractivity contribution in [3.05, 3.63) is 63.8 Å². The van der Waals surface area contributed by atoms with E-state index in [2.05, 4.69) is 10.1 Å². The molecule has 0 spiro atoms. The first-order valence-corrected chi connectivity index (χ1v) is 11.4. The Morgan fingerprint density at radius 2 is 1.97 bits per heavy atom. The van der Waals surface area contributed by atoms with Gasteiger partial charge in [0, 0.05) is 23.9 Å². The van der Waals surface area contributed by atoms with Crippen LogP contribution in [0, 0.1) is 0 Å². The number of aliphatic imine (C=N–C) groups is 1. The van der Waals surface area contributed by atoms with Crippen molar-refractivity contribution in [3.63, 3.8) is 0 Å². The minimum absolute atomic E-state index is 0.00816. The molecule has 162 valence electrons. The Kier molecular flexibility index (Phi) is 7.61. The van der Waals surface area contributed by atoms with E-state index in [1.807, 2.05) is 6.07 Å². The van der Waals surface area contributed by atoms with E-state index >= 15 is 0 Å². The molecule has 0 saturated heterocycles. The highest BCUT2D eigenvalue weighted by atomic mass is 35.5. The molecular formula is C21H19Cl2N3O3S2. The highest BCUT2D eigenvalue weighted by molar-refractivity contribution is 7.80. The first-order chi connectivity index (χ1) is 14.7. The molecule has 3 aromatic rings. The zero-order chi connectivity index (χ0) is 22.7. The smallest absolute Gasteiger partial charge is 0.186 e. The predicted octanol–water partition coefficient (Wildman–Crippen LogP) is 5.10. The third-order valence-electron chi connectivity index (χ3n) is 4.55. The largest absolute Gasteiger partial charge is 0.504 e. The molecule has 0 saturated carbocycles. The van der Waals surface area contributed by atoms with Gasteiger partial charge in [-0.1, -0.05) is 53.6 Å². The van der Waals surface area contributed by atoms with Gasteiger partial charge in [0.2, 0.25) is 0 Å². The van der Waals surface area contributed by atoms with Gasteiger partial charge >= 0.3 is 0 Å². The average Bonchev–Trinajstić information content (AvgIpc) is 3.02. The van der Waals surface area contributed by atoms with E-state index in [9.17, 15) is 13.9 Å². The van der Waals surface area contributed by atoms with E-state index in [0.29, 0.717) is 48.9 Å². The molecule has 0 aliphatic carbocycles. The Bertz CT molecular complexity index is 1210. The number of nitrogens with zero attached hydrogens (tertiary/aromatic N) is 3. The van der Waals surface area contributed by atoms with Crippen molar-refractivity contribution in [1.82, 2.24) is 9.78 Å². The van der Waals surface area contributed by atoms with Crippen LogP contribution in [0.1, 0.15) is 18.2 Å². The number of aryl methyl sites for hydroxylation is 1. The van der Waals surface area contributed by atoms with Crippen molar-refractivity contribution in [2.45, 2.75) is 18.2 Å². The van der Waals surface area contributed by atoms with Crippen LogP contribution in [0.5, 0.6) is 5.75 Å². The number of hydrogen-bond donors (Lipinski definition) is 2. The van der Waals surface area contributed by atoms with Crippen LogP contribution in [-0.2, 0) is 24.5 Å². The first kappa shape index (κ1) is 23.6. The van der Waals surface area contributed by atoms with Gasteiger partial charge in [0.25, 0.3) is 0 Å². The topological polar surface area (TPSA) is 87.7 Å². The lowest BCUT2D eigenvalue weighted by Crippen LogP contribution is -2.08. The fourth-order valence-corrected chi connectivity index (χ4v) is 4.03. The number of halogens is 2. The lowest BCUT2D eigenvalue weighted by molar-refractivity contribution is 0.475. The summed E-state index contributed by atoms with van der Waals surface area (Å²) in [4.78, 5) is 5.45. The van der Waals surface area contributed by atoms with Gasteiger partial charge in [-0.05, 0) is 36.8 Å². The average molecular weight is 496 g/mol. The fraction of sp³-hybridized carbons (Fsp3) is 0.190. The molecule has 6 nitrogen and oxygen atoms in total. The summed E-state index contributed by atoms with van der Waals surface area (Å²) in [6.07, 6.45) is 0.444. The third kappa shape index (κ3) is 5.58. The molecule has 0 amide bonds. The number of aromatic hydroxyl groups is 1. The van der Waals surface area contributed by atoms with Crippen molar-refractivity contribution < 1.29 is 13.9 Å². The molecule has 1 atom stereocenters. The van der Waals surface area contributed by atoms with Gasteiger partial charge in [-0.2, -0.15) is 5.10 Å². The summed E-state index contributed by atoms with van der Waals surface area (Å²) in [6.45, 7) is 2.00. The molecule has 10 heteroatoms. The van der Waals surface area contributed by atoms with Crippen LogP contribution in [0.15, 0.2) is 52.4 Å². The Hall–Kier alpha value is -2.10. The number of hydrogen-bond acceptors (Lipinski definition) is 5. The molecule has 1 heterocycles. The van der Waals surface area contributed by atoms with E-state index in [4.69, 9.17) is 35.4 Å². The SMILES string of the molecule is CC(=NCC(=S)Cc1cccc(S(=O)O)c1)c1nn(C)c(-c2ccc(Cl)c(Cl)c2)c1O. The van der Waals surface area contributed by atoms with Gasteiger partial charge in [-0.15, -0.1) is 0 Å². The molecule has 1 unspecified atom stereocenters. The van der Waals surface area contributed by atoms with Crippen molar-refractivity contribution in [3.8, 4) is 17.0 Å². The summed E-state index contributed by atoms with van der Waals surface area (Å²) in [6, 6.07) is 11.9. The second-order valence-electron chi connectivity index (χ2n) is 6.81. The van der Waals surface area contributed by atoms with Crippen molar-refractivity contribution >= 4 is 57.1 Å². The number of aromatic nitrogens is 2. The molecule has 31 heavy (non-hydrogen) atoms. The molecule has 1 aromatic heterocycles. The Morgan fingerprint density at radius 3 is 2.65 bits per heavy atom. The highest BCUT2D eigenvalue weighted by Crippen LogP contribution is 2.35. The summed E-state index contributed by atoms with van der Waals surface area (Å²) in [5, 5.41) is 15.9. The molecule has 0 fully saturated rings. The van der Waals surface area contributed by atoms with Crippen LogP contribution in [-0.4, -0.2) is 40.8 Å². The van der Waals surface area contributed by atoms with Crippen LogP contribution in [0.25, 0.3) is 11.3 Å². The Labute approximate surface area is 197 Å². The van der Waals surface area contributed by atoms with Gasteiger partial charge in [-0.25, -0.2) is 4.21 Å². The van der Waals surface area contributed by atoms with E-state index in [1.54, 1.807) is 55.1 Å². The van der Waals surface area contributed by atoms with E-state index in [-0.39, 0.29) is 12.3 Å². The molecule has 0 bridgehead atoms.